The maximum atomic E-state index is 14.0. The minimum Gasteiger partial charge on any atom is -0.288 e. The first-order valence-corrected chi connectivity index (χ1v) is 11.7. The molecule has 0 aliphatic carbocycles. The van der Waals surface area contributed by atoms with Gasteiger partial charge in [-0.05, 0) is 30.3 Å². The number of rotatable bonds is 6. The summed E-state index contributed by atoms with van der Waals surface area (Å²) in [7, 11) is 0. The monoisotopic (exact) mass is 513 g/mol. The molecular formula is C28H17Cl2N3O3. The van der Waals surface area contributed by atoms with Crippen molar-refractivity contribution in [3.05, 3.63) is 134 Å². The van der Waals surface area contributed by atoms with Crippen LogP contribution in [0.4, 0.5) is 5.69 Å². The van der Waals surface area contributed by atoms with Gasteiger partial charge in [-0.15, -0.1) is 0 Å². The largest absolute Gasteiger partial charge is 0.288 e. The third-order valence-corrected chi connectivity index (χ3v) is 6.23. The molecule has 0 fully saturated rings. The molecule has 0 aliphatic heterocycles. The fraction of sp³-hybridized carbons (Fsp3) is 0. The minimum absolute atomic E-state index is 0.0475. The van der Waals surface area contributed by atoms with E-state index in [9.17, 15) is 14.9 Å². The molecular weight excluding hydrogens is 497 g/mol. The predicted octanol–water partition coefficient (Wildman–Crippen LogP) is 7.65. The summed E-state index contributed by atoms with van der Waals surface area (Å²) in [5.41, 5.74) is 3.56. The molecule has 6 nitrogen and oxygen atoms in total. The smallest absolute Gasteiger partial charge is 0.269 e. The van der Waals surface area contributed by atoms with Crippen LogP contribution < -0.4 is 0 Å². The quantitative estimate of drug-likeness (QED) is 0.132. The molecule has 0 spiro atoms. The van der Waals surface area contributed by atoms with E-state index in [4.69, 9.17) is 28.3 Å². The van der Waals surface area contributed by atoms with Crippen LogP contribution in [0.15, 0.2) is 103 Å². The Kier molecular flexibility index (Phi) is 6.38. The van der Waals surface area contributed by atoms with Crippen molar-refractivity contribution in [3.63, 3.8) is 0 Å². The van der Waals surface area contributed by atoms with Gasteiger partial charge in [-0.2, -0.15) is 5.10 Å². The number of benzene rings is 4. The molecule has 0 saturated heterocycles. The Morgan fingerprint density at radius 2 is 1.47 bits per heavy atom. The third-order valence-electron chi connectivity index (χ3n) is 5.69. The lowest BCUT2D eigenvalue weighted by Crippen LogP contribution is -2.05. The summed E-state index contributed by atoms with van der Waals surface area (Å²) in [6.45, 7) is 0. The van der Waals surface area contributed by atoms with Crippen molar-refractivity contribution in [1.29, 1.82) is 0 Å². The molecule has 1 aromatic heterocycles. The van der Waals surface area contributed by atoms with Crippen LogP contribution in [0, 0.1) is 10.1 Å². The Morgan fingerprint density at radius 3 is 2.08 bits per heavy atom. The van der Waals surface area contributed by atoms with Gasteiger partial charge in [0.25, 0.3) is 5.69 Å². The lowest BCUT2D eigenvalue weighted by atomic mass is 9.95. The number of ketones is 1. The van der Waals surface area contributed by atoms with Crippen LogP contribution in [0.3, 0.4) is 0 Å². The average molecular weight is 514 g/mol. The van der Waals surface area contributed by atoms with Gasteiger partial charge in [-0.3, -0.25) is 14.9 Å². The van der Waals surface area contributed by atoms with Gasteiger partial charge in [-0.1, -0.05) is 83.9 Å². The van der Waals surface area contributed by atoms with Crippen molar-refractivity contribution >= 4 is 34.7 Å². The second-order valence-corrected chi connectivity index (χ2v) is 8.79. The summed E-state index contributed by atoms with van der Waals surface area (Å²) >= 11 is 12.7. The van der Waals surface area contributed by atoms with Gasteiger partial charge in [0.05, 0.1) is 26.9 Å². The molecule has 0 saturated carbocycles. The van der Waals surface area contributed by atoms with E-state index in [0.29, 0.717) is 43.8 Å². The minimum atomic E-state index is -0.464. The maximum Gasteiger partial charge on any atom is 0.269 e. The summed E-state index contributed by atoms with van der Waals surface area (Å²) < 4.78 is 1.62. The normalized spacial score (nSPS) is 10.8. The van der Waals surface area contributed by atoms with E-state index in [1.807, 2.05) is 36.4 Å². The standard InChI is InChI=1S/C28H17Cl2N3O3/c29-20-11-16-23(24(30)17-20)26-25(28(34)19-9-5-2-6-10-19)27(18-7-3-1-4-8-18)32(31-26)21-12-14-22(15-13-21)33(35)36/h1-17H. The van der Waals surface area contributed by atoms with E-state index in [-0.39, 0.29) is 11.5 Å². The molecule has 0 bridgehead atoms. The molecule has 176 valence electrons. The van der Waals surface area contributed by atoms with Crippen LogP contribution in [0.2, 0.25) is 10.0 Å². The zero-order chi connectivity index (χ0) is 25.2. The van der Waals surface area contributed by atoms with Crippen molar-refractivity contribution in [2.45, 2.75) is 0 Å². The number of nitro groups is 1. The molecule has 36 heavy (non-hydrogen) atoms. The molecule has 5 aromatic rings. The topological polar surface area (TPSA) is 78.0 Å². The van der Waals surface area contributed by atoms with Gasteiger partial charge in [0.2, 0.25) is 0 Å². The fourth-order valence-electron chi connectivity index (χ4n) is 4.00. The molecule has 0 atom stereocenters. The summed E-state index contributed by atoms with van der Waals surface area (Å²) in [5, 5.41) is 16.8. The van der Waals surface area contributed by atoms with Crippen molar-refractivity contribution < 1.29 is 9.72 Å². The van der Waals surface area contributed by atoms with Gasteiger partial charge >= 0.3 is 0 Å². The number of hydrogen-bond acceptors (Lipinski definition) is 4. The Hall–Kier alpha value is -4.26. The molecule has 0 N–H and O–H groups in total. The van der Waals surface area contributed by atoms with Crippen LogP contribution in [-0.4, -0.2) is 20.5 Å². The number of nitro benzene ring substituents is 1. The first kappa shape index (κ1) is 23.5. The molecule has 4 aromatic carbocycles. The number of aromatic nitrogens is 2. The highest BCUT2D eigenvalue weighted by Crippen LogP contribution is 2.39. The number of non-ortho nitro benzene ring substituents is 1. The zero-order valence-corrected chi connectivity index (χ0v) is 20.1. The van der Waals surface area contributed by atoms with Crippen LogP contribution in [0.1, 0.15) is 15.9 Å². The number of carbonyl (C=O) groups excluding carboxylic acids is 1. The van der Waals surface area contributed by atoms with Crippen molar-refractivity contribution in [2.75, 3.05) is 0 Å². The molecule has 0 amide bonds. The van der Waals surface area contributed by atoms with Crippen LogP contribution in [0.5, 0.6) is 0 Å². The van der Waals surface area contributed by atoms with E-state index in [0.717, 1.165) is 5.56 Å². The Morgan fingerprint density at radius 1 is 0.833 bits per heavy atom. The summed E-state index contributed by atoms with van der Waals surface area (Å²) in [6.07, 6.45) is 0. The van der Waals surface area contributed by atoms with Gasteiger partial charge in [0, 0.05) is 33.8 Å². The SMILES string of the molecule is O=C(c1ccccc1)c1c(-c2ccc(Cl)cc2Cl)nn(-c2ccc([N+](=O)[O-])cc2)c1-c1ccccc1. The molecule has 8 heteroatoms. The van der Waals surface area contributed by atoms with Crippen molar-refractivity contribution in [3.8, 4) is 28.2 Å². The van der Waals surface area contributed by atoms with E-state index in [1.165, 1.54) is 12.1 Å². The zero-order valence-electron chi connectivity index (χ0n) is 18.6. The molecule has 5 rings (SSSR count). The molecule has 1 heterocycles. The van der Waals surface area contributed by atoms with Gasteiger partial charge < -0.3 is 0 Å². The maximum absolute atomic E-state index is 14.0. The lowest BCUT2D eigenvalue weighted by molar-refractivity contribution is -0.384. The van der Waals surface area contributed by atoms with Gasteiger partial charge in [0.1, 0.15) is 5.69 Å². The Balaban J connectivity index is 1.85. The number of carbonyl (C=O) groups is 1. The summed E-state index contributed by atoms with van der Waals surface area (Å²) in [6, 6.07) is 29.3. The summed E-state index contributed by atoms with van der Waals surface area (Å²) in [5.74, 6) is -0.233. The lowest BCUT2D eigenvalue weighted by Gasteiger charge is -2.10. The number of hydrogen-bond donors (Lipinski definition) is 0. The second-order valence-electron chi connectivity index (χ2n) is 7.94. The van der Waals surface area contributed by atoms with E-state index < -0.39 is 4.92 Å². The summed E-state index contributed by atoms with van der Waals surface area (Å²) in [4.78, 5) is 24.7. The Bertz CT molecular complexity index is 1580. The van der Waals surface area contributed by atoms with Crippen LogP contribution in [-0.2, 0) is 0 Å². The third kappa shape index (κ3) is 4.40. The first-order chi connectivity index (χ1) is 17.4. The van der Waals surface area contributed by atoms with E-state index in [1.54, 1.807) is 59.3 Å². The van der Waals surface area contributed by atoms with Crippen LogP contribution in [0.25, 0.3) is 28.2 Å². The average Bonchev–Trinajstić information content (AvgIpc) is 3.29. The number of nitrogens with zero attached hydrogens (tertiary/aromatic N) is 3. The first-order valence-electron chi connectivity index (χ1n) is 10.9. The van der Waals surface area contributed by atoms with Crippen LogP contribution >= 0.6 is 23.2 Å². The van der Waals surface area contributed by atoms with Gasteiger partial charge in [-0.25, -0.2) is 4.68 Å². The fourth-order valence-corrected chi connectivity index (χ4v) is 4.50. The highest BCUT2D eigenvalue weighted by molar-refractivity contribution is 6.36. The Labute approximate surface area is 216 Å². The highest BCUT2D eigenvalue weighted by atomic mass is 35.5. The second kappa shape index (κ2) is 9.77. The molecule has 0 radical (unpaired) electrons. The predicted molar refractivity (Wildman–Crippen MR) is 141 cm³/mol. The van der Waals surface area contributed by atoms with Crippen molar-refractivity contribution in [1.82, 2.24) is 9.78 Å². The van der Waals surface area contributed by atoms with E-state index >= 15 is 0 Å². The van der Waals surface area contributed by atoms with Crippen molar-refractivity contribution in [2.24, 2.45) is 0 Å². The number of halogens is 2. The highest BCUT2D eigenvalue weighted by Gasteiger charge is 2.28. The van der Waals surface area contributed by atoms with E-state index in [2.05, 4.69) is 0 Å². The van der Waals surface area contributed by atoms with Gasteiger partial charge in [0.15, 0.2) is 5.78 Å². The molecule has 0 aliphatic rings. The molecule has 0 unspecified atom stereocenters.